The monoisotopic (exact) mass is 532 g/mol. The molecule has 0 spiro atoms. The molecule has 196 valence electrons. The standard InChI is InChI=1S/C24H26F2N6O4S/c1-24(2,3)21(23(34)29-9-10-37(28,35)36)30-22(33)19-16-5-4-6-17(25)20(16)32(31-19)13-15-8-7-14(12-27)11-18(15)26/h4-8,11,21H,9-10,13H2,1-3H3,(H,29,34)(H,30,33)(H2,28,35,36)/t21-/m1/s1. The predicted octanol–water partition coefficient (Wildman–Crippen LogP) is 1.78. The first-order chi connectivity index (χ1) is 17.2. The van der Waals surface area contributed by atoms with Crippen LogP contribution in [-0.2, 0) is 21.4 Å². The fourth-order valence-corrected chi connectivity index (χ4v) is 4.06. The second kappa shape index (κ2) is 10.6. The molecule has 0 saturated carbocycles. The highest BCUT2D eigenvalue weighted by atomic mass is 32.2. The number of rotatable bonds is 8. The molecule has 37 heavy (non-hydrogen) atoms. The van der Waals surface area contributed by atoms with Crippen LogP contribution in [0.5, 0.6) is 0 Å². The average Bonchev–Trinajstić information content (AvgIpc) is 3.16. The van der Waals surface area contributed by atoms with Crippen LogP contribution in [0.25, 0.3) is 10.9 Å². The second-order valence-electron chi connectivity index (χ2n) is 9.49. The molecule has 1 heterocycles. The number of hydrogen-bond acceptors (Lipinski definition) is 6. The predicted molar refractivity (Wildman–Crippen MR) is 132 cm³/mol. The maximum absolute atomic E-state index is 14.8. The number of sulfonamides is 1. The molecule has 0 unspecified atom stereocenters. The van der Waals surface area contributed by atoms with Crippen molar-refractivity contribution in [3.05, 3.63) is 64.9 Å². The van der Waals surface area contributed by atoms with Crippen LogP contribution in [0.3, 0.4) is 0 Å². The first-order valence-electron chi connectivity index (χ1n) is 11.1. The zero-order chi connectivity index (χ0) is 27.5. The van der Waals surface area contributed by atoms with Gasteiger partial charge < -0.3 is 10.6 Å². The van der Waals surface area contributed by atoms with E-state index in [4.69, 9.17) is 10.4 Å². The topological polar surface area (TPSA) is 160 Å². The number of nitrogens with two attached hydrogens (primary N) is 1. The largest absolute Gasteiger partial charge is 0.353 e. The smallest absolute Gasteiger partial charge is 0.273 e. The van der Waals surface area contributed by atoms with Crippen LogP contribution in [0.15, 0.2) is 36.4 Å². The Hall–Kier alpha value is -3.89. The van der Waals surface area contributed by atoms with Crippen LogP contribution in [0.1, 0.15) is 42.4 Å². The van der Waals surface area contributed by atoms with E-state index in [1.807, 2.05) is 6.07 Å². The van der Waals surface area contributed by atoms with Crippen LogP contribution >= 0.6 is 0 Å². The molecule has 2 amide bonds. The minimum absolute atomic E-state index is 0.0404. The van der Waals surface area contributed by atoms with Gasteiger partial charge in [0.05, 0.1) is 23.9 Å². The minimum atomic E-state index is -3.80. The van der Waals surface area contributed by atoms with Gasteiger partial charge in [-0.25, -0.2) is 22.3 Å². The van der Waals surface area contributed by atoms with E-state index in [2.05, 4.69) is 15.7 Å². The molecule has 4 N–H and O–H groups in total. The van der Waals surface area contributed by atoms with Gasteiger partial charge in [-0.15, -0.1) is 0 Å². The Morgan fingerprint density at radius 3 is 2.49 bits per heavy atom. The molecule has 0 aliphatic rings. The summed E-state index contributed by atoms with van der Waals surface area (Å²) in [5.41, 5.74) is -0.776. The van der Waals surface area contributed by atoms with E-state index in [1.165, 1.54) is 30.3 Å². The number of primary sulfonamides is 1. The number of nitrogens with zero attached hydrogens (tertiary/aromatic N) is 3. The Kier molecular flexibility index (Phi) is 7.94. The first-order valence-corrected chi connectivity index (χ1v) is 12.9. The minimum Gasteiger partial charge on any atom is -0.353 e. The lowest BCUT2D eigenvalue weighted by Crippen LogP contribution is -2.54. The maximum atomic E-state index is 14.8. The fraction of sp³-hybridized carbons (Fsp3) is 0.333. The van der Waals surface area contributed by atoms with E-state index >= 15 is 0 Å². The SMILES string of the molecule is CC(C)(C)[C@H](NC(=O)c1nn(Cc2ccc(C#N)cc2F)c2c(F)cccc12)C(=O)NCCS(N)(=O)=O. The molecular weight excluding hydrogens is 506 g/mol. The van der Waals surface area contributed by atoms with Crippen molar-refractivity contribution in [3.63, 3.8) is 0 Å². The van der Waals surface area contributed by atoms with Gasteiger partial charge in [0.1, 0.15) is 23.2 Å². The summed E-state index contributed by atoms with van der Waals surface area (Å²) in [6.45, 7) is 4.61. The van der Waals surface area contributed by atoms with Crippen molar-refractivity contribution in [1.29, 1.82) is 5.26 Å². The molecule has 2 aromatic carbocycles. The number of nitriles is 1. The number of amides is 2. The van der Waals surface area contributed by atoms with Gasteiger partial charge in [0, 0.05) is 17.5 Å². The number of carbonyl (C=O) groups excluding carboxylic acids is 2. The summed E-state index contributed by atoms with van der Waals surface area (Å²) >= 11 is 0. The number of para-hydroxylation sites is 1. The molecular formula is C24H26F2N6O4S. The second-order valence-corrected chi connectivity index (χ2v) is 11.2. The molecule has 1 atom stereocenters. The summed E-state index contributed by atoms with van der Waals surface area (Å²) in [6, 6.07) is 8.61. The number of hydrogen-bond donors (Lipinski definition) is 3. The molecule has 10 nitrogen and oxygen atoms in total. The molecule has 0 fully saturated rings. The lowest BCUT2D eigenvalue weighted by atomic mass is 9.86. The van der Waals surface area contributed by atoms with E-state index in [0.29, 0.717) is 0 Å². The van der Waals surface area contributed by atoms with E-state index in [0.717, 1.165) is 10.7 Å². The summed E-state index contributed by atoms with van der Waals surface area (Å²) in [7, 11) is -3.80. The highest BCUT2D eigenvalue weighted by molar-refractivity contribution is 7.89. The highest BCUT2D eigenvalue weighted by Gasteiger charge is 2.34. The fourth-order valence-electron chi connectivity index (χ4n) is 3.68. The first kappa shape index (κ1) is 27.7. The van der Waals surface area contributed by atoms with Gasteiger partial charge in [-0.1, -0.05) is 39.0 Å². The normalized spacial score (nSPS) is 12.7. The molecule has 13 heteroatoms. The Bertz CT molecular complexity index is 1510. The number of halogens is 2. The summed E-state index contributed by atoms with van der Waals surface area (Å²) in [6.07, 6.45) is 0. The molecule has 0 saturated heterocycles. The van der Waals surface area contributed by atoms with Crippen molar-refractivity contribution in [3.8, 4) is 6.07 Å². The number of aromatic nitrogens is 2. The number of fused-ring (bicyclic) bond motifs is 1. The van der Waals surface area contributed by atoms with Crippen LogP contribution < -0.4 is 15.8 Å². The van der Waals surface area contributed by atoms with Crippen molar-refractivity contribution in [1.82, 2.24) is 20.4 Å². The van der Waals surface area contributed by atoms with Crippen molar-refractivity contribution in [2.45, 2.75) is 33.4 Å². The number of nitrogens with one attached hydrogen (secondary N) is 2. The van der Waals surface area contributed by atoms with Gasteiger partial charge in [-0.2, -0.15) is 10.4 Å². The zero-order valence-electron chi connectivity index (χ0n) is 20.4. The van der Waals surface area contributed by atoms with Crippen LogP contribution in [0.4, 0.5) is 8.78 Å². The lowest BCUT2D eigenvalue weighted by Gasteiger charge is -2.30. The Morgan fingerprint density at radius 1 is 1.19 bits per heavy atom. The summed E-state index contributed by atoms with van der Waals surface area (Å²) in [5.74, 6) is -3.28. The Morgan fingerprint density at radius 2 is 1.89 bits per heavy atom. The molecule has 0 aliphatic carbocycles. The van der Waals surface area contributed by atoms with E-state index in [-0.39, 0.29) is 40.8 Å². The van der Waals surface area contributed by atoms with Gasteiger partial charge in [-0.3, -0.25) is 14.3 Å². The van der Waals surface area contributed by atoms with Crippen LogP contribution in [0, 0.1) is 28.4 Å². The number of benzene rings is 2. The summed E-state index contributed by atoms with van der Waals surface area (Å²) < 4.78 is 52.8. The third-order valence-corrected chi connectivity index (χ3v) is 6.30. The van der Waals surface area contributed by atoms with Gasteiger partial charge in [0.2, 0.25) is 15.9 Å². The molecule has 1 aromatic heterocycles. The maximum Gasteiger partial charge on any atom is 0.273 e. The molecule has 0 aliphatic heterocycles. The van der Waals surface area contributed by atoms with E-state index in [1.54, 1.807) is 20.8 Å². The quantitative estimate of drug-likeness (QED) is 0.401. The van der Waals surface area contributed by atoms with Crippen LogP contribution in [-0.4, -0.2) is 48.4 Å². The summed E-state index contributed by atoms with van der Waals surface area (Å²) in [5, 5.41) is 23.3. The third kappa shape index (κ3) is 6.66. The molecule has 3 rings (SSSR count). The summed E-state index contributed by atoms with van der Waals surface area (Å²) in [4.78, 5) is 26.1. The van der Waals surface area contributed by atoms with Crippen molar-refractivity contribution in [2.24, 2.45) is 10.6 Å². The number of carbonyl (C=O) groups is 2. The van der Waals surface area contributed by atoms with Crippen molar-refractivity contribution < 1.29 is 26.8 Å². The molecule has 0 bridgehead atoms. The third-order valence-electron chi connectivity index (χ3n) is 5.53. The lowest BCUT2D eigenvalue weighted by molar-refractivity contribution is -0.125. The molecule has 3 aromatic rings. The molecule has 0 radical (unpaired) electrons. The highest BCUT2D eigenvalue weighted by Crippen LogP contribution is 2.25. The zero-order valence-corrected chi connectivity index (χ0v) is 21.2. The van der Waals surface area contributed by atoms with E-state index in [9.17, 15) is 26.8 Å². The van der Waals surface area contributed by atoms with Gasteiger partial charge >= 0.3 is 0 Å². The Balaban J connectivity index is 1.94. The average molecular weight is 533 g/mol. The van der Waals surface area contributed by atoms with E-state index < -0.39 is 50.7 Å². The Labute approximate surface area is 212 Å². The van der Waals surface area contributed by atoms with Gasteiger partial charge in [-0.05, 0) is 23.6 Å². The van der Waals surface area contributed by atoms with Crippen molar-refractivity contribution in [2.75, 3.05) is 12.3 Å². The van der Waals surface area contributed by atoms with Crippen molar-refractivity contribution >= 4 is 32.7 Å². The van der Waals surface area contributed by atoms with Gasteiger partial charge in [0.25, 0.3) is 5.91 Å². The van der Waals surface area contributed by atoms with Crippen LogP contribution in [0.2, 0.25) is 0 Å². The van der Waals surface area contributed by atoms with Gasteiger partial charge in [0.15, 0.2) is 5.69 Å².